The molecule has 1 aliphatic rings. The van der Waals surface area contributed by atoms with Crippen molar-refractivity contribution in [2.45, 2.75) is 38.2 Å². The van der Waals surface area contributed by atoms with Gasteiger partial charge in [-0.3, -0.25) is 4.98 Å². The first-order chi connectivity index (χ1) is 15.2. The molecular formula is C28H26N2O. The highest BCUT2D eigenvalue weighted by Crippen LogP contribution is 2.41. The van der Waals surface area contributed by atoms with Crippen molar-refractivity contribution in [2.75, 3.05) is 0 Å². The second-order valence-electron chi connectivity index (χ2n) is 8.44. The average molecular weight is 407 g/mol. The van der Waals surface area contributed by atoms with Gasteiger partial charge in [-0.2, -0.15) is 0 Å². The number of ether oxygens (including phenoxy) is 1. The van der Waals surface area contributed by atoms with E-state index in [-0.39, 0.29) is 5.60 Å². The van der Waals surface area contributed by atoms with Gasteiger partial charge in [0.05, 0.1) is 17.6 Å². The Morgan fingerprint density at radius 3 is 2.13 bits per heavy atom. The number of hydrogen-bond acceptors (Lipinski definition) is 3. The number of fused-ring (bicyclic) bond motifs is 1. The number of aryl methyl sites for hydroxylation is 1. The van der Waals surface area contributed by atoms with E-state index in [1.165, 1.54) is 16.7 Å². The Labute approximate surface area is 183 Å². The van der Waals surface area contributed by atoms with Crippen LogP contribution in [0.25, 0.3) is 11.3 Å². The van der Waals surface area contributed by atoms with Crippen LogP contribution in [0.15, 0.2) is 91.3 Å². The SMILES string of the molecule is Cc1cncc(-c2cccc3c2CCC(Cc2ccccc2)(Cc2ccccc2)O3)n1. The van der Waals surface area contributed by atoms with E-state index in [0.29, 0.717) is 0 Å². The van der Waals surface area contributed by atoms with Gasteiger partial charge in [-0.15, -0.1) is 0 Å². The first-order valence-corrected chi connectivity index (χ1v) is 10.9. The molecule has 3 nitrogen and oxygen atoms in total. The van der Waals surface area contributed by atoms with E-state index in [2.05, 4.69) is 83.8 Å². The van der Waals surface area contributed by atoms with Crippen LogP contribution in [0.2, 0.25) is 0 Å². The van der Waals surface area contributed by atoms with E-state index in [1.807, 2.05) is 13.1 Å². The molecular weight excluding hydrogens is 380 g/mol. The van der Waals surface area contributed by atoms with Crippen molar-refractivity contribution in [3.8, 4) is 17.0 Å². The molecule has 0 amide bonds. The molecule has 0 radical (unpaired) electrons. The van der Waals surface area contributed by atoms with Crippen molar-refractivity contribution in [1.29, 1.82) is 0 Å². The van der Waals surface area contributed by atoms with Crippen molar-refractivity contribution < 1.29 is 4.74 Å². The Hall–Kier alpha value is -3.46. The summed E-state index contributed by atoms with van der Waals surface area (Å²) in [5, 5.41) is 0. The highest BCUT2D eigenvalue weighted by atomic mass is 16.5. The van der Waals surface area contributed by atoms with Crippen molar-refractivity contribution in [3.05, 3.63) is 114 Å². The molecule has 3 heteroatoms. The smallest absolute Gasteiger partial charge is 0.124 e. The summed E-state index contributed by atoms with van der Waals surface area (Å²) in [6, 6.07) is 27.7. The summed E-state index contributed by atoms with van der Waals surface area (Å²) in [5.41, 5.74) is 6.55. The lowest BCUT2D eigenvalue weighted by Gasteiger charge is -2.40. The van der Waals surface area contributed by atoms with Crippen LogP contribution in [0.4, 0.5) is 0 Å². The monoisotopic (exact) mass is 406 g/mol. The summed E-state index contributed by atoms with van der Waals surface area (Å²) >= 11 is 0. The third kappa shape index (κ3) is 4.22. The fourth-order valence-electron chi connectivity index (χ4n) is 4.64. The van der Waals surface area contributed by atoms with Gasteiger partial charge in [0.1, 0.15) is 11.4 Å². The molecule has 0 N–H and O–H groups in total. The van der Waals surface area contributed by atoms with Gasteiger partial charge in [0.2, 0.25) is 0 Å². The normalized spacial score (nSPS) is 14.5. The van der Waals surface area contributed by atoms with Crippen LogP contribution < -0.4 is 4.74 Å². The van der Waals surface area contributed by atoms with Gasteiger partial charge in [-0.25, -0.2) is 4.98 Å². The van der Waals surface area contributed by atoms with Gasteiger partial charge in [0, 0.05) is 30.2 Å². The molecule has 4 aromatic rings. The Balaban J connectivity index is 1.53. The van der Waals surface area contributed by atoms with Crippen LogP contribution in [0, 0.1) is 6.92 Å². The van der Waals surface area contributed by atoms with Crippen molar-refractivity contribution >= 4 is 0 Å². The van der Waals surface area contributed by atoms with E-state index in [0.717, 1.165) is 48.4 Å². The summed E-state index contributed by atoms with van der Waals surface area (Å²) in [6.07, 6.45) is 7.33. The number of hydrogen-bond donors (Lipinski definition) is 0. The van der Waals surface area contributed by atoms with Crippen LogP contribution in [0.3, 0.4) is 0 Å². The molecule has 0 fully saturated rings. The van der Waals surface area contributed by atoms with Crippen LogP contribution in [-0.4, -0.2) is 15.6 Å². The molecule has 5 rings (SSSR count). The van der Waals surface area contributed by atoms with Crippen molar-refractivity contribution in [3.63, 3.8) is 0 Å². The van der Waals surface area contributed by atoms with Crippen LogP contribution in [-0.2, 0) is 19.3 Å². The second kappa shape index (κ2) is 8.35. The highest BCUT2D eigenvalue weighted by molar-refractivity contribution is 5.67. The molecule has 0 spiro atoms. The topological polar surface area (TPSA) is 35.0 Å². The van der Waals surface area contributed by atoms with E-state index < -0.39 is 0 Å². The molecule has 0 bridgehead atoms. The van der Waals surface area contributed by atoms with Gasteiger partial charge in [0.15, 0.2) is 0 Å². The Bertz CT molecular complexity index is 1130. The number of nitrogens with zero attached hydrogens (tertiary/aromatic N) is 2. The van der Waals surface area contributed by atoms with E-state index in [9.17, 15) is 0 Å². The zero-order valence-electron chi connectivity index (χ0n) is 17.8. The van der Waals surface area contributed by atoms with Crippen LogP contribution >= 0.6 is 0 Å². The predicted octanol–water partition coefficient (Wildman–Crippen LogP) is 6.00. The highest BCUT2D eigenvalue weighted by Gasteiger charge is 2.37. The summed E-state index contributed by atoms with van der Waals surface area (Å²) in [7, 11) is 0. The Kier molecular flexibility index (Phi) is 5.25. The van der Waals surface area contributed by atoms with Crippen molar-refractivity contribution in [1.82, 2.24) is 9.97 Å². The maximum atomic E-state index is 6.87. The summed E-state index contributed by atoms with van der Waals surface area (Å²) in [4.78, 5) is 9.05. The quantitative estimate of drug-likeness (QED) is 0.408. The largest absolute Gasteiger partial charge is 0.486 e. The number of benzene rings is 3. The Morgan fingerprint density at radius 1 is 0.806 bits per heavy atom. The van der Waals surface area contributed by atoms with E-state index in [1.54, 1.807) is 6.20 Å². The summed E-state index contributed by atoms with van der Waals surface area (Å²) in [5.74, 6) is 0.971. The molecule has 0 saturated carbocycles. The maximum Gasteiger partial charge on any atom is 0.124 e. The standard InChI is InChI=1S/C28H26N2O/c1-21-19-29-20-26(30-21)24-13-8-14-27-25(24)15-16-28(31-27,17-22-9-4-2-5-10-22)18-23-11-6-3-7-12-23/h2-14,19-20H,15-18H2,1H3. The van der Waals surface area contributed by atoms with Gasteiger partial charge < -0.3 is 4.74 Å². The maximum absolute atomic E-state index is 6.87. The van der Waals surface area contributed by atoms with Crippen molar-refractivity contribution in [2.24, 2.45) is 0 Å². The summed E-state index contributed by atoms with van der Waals surface area (Å²) < 4.78 is 6.87. The van der Waals surface area contributed by atoms with Crippen LogP contribution in [0.5, 0.6) is 5.75 Å². The van der Waals surface area contributed by atoms with Gasteiger partial charge in [-0.1, -0.05) is 72.8 Å². The van der Waals surface area contributed by atoms with E-state index in [4.69, 9.17) is 9.72 Å². The molecule has 0 saturated heterocycles. The zero-order chi connectivity index (χ0) is 21.1. The minimum Gasteiger partial charge on any atom is -0.486 e. The molecule has 3 aromatic carbocycles. The minimum absolute atomic E-state index is 0.271. The van der Waals surface area contributed by atoms with Crippen LogP contribution in [0.1, 0.15) is 28.8 Å². The Morgan fingerprint density at radius 2 is 1.48 bits per heavy atom. The van der Waals surface area contributed by atoms with E-state index >= 15 is 0 Å². The molecule has 31 heavy (non-hydrogen) atoms. The lowest BCUT2D eigenvalue weighted by molar-refractivity contribution is 0.0466. The third-order valence-electron chi connectivity index (χ3n) is 6.06. The molecule has 2 heterocycles. The lowest BCUT2D eigenvalue weighted by atomic mass is 9.80. The fraction of sp³-hybridized carbons (Fsp3) is 0.214. The van der Waals surface area contributed by atoms with Gasteiger partial charge >= 0.3 is 0 Å². The first kappa shape index (κ1) is 19.5. The molecule has 154 valence electrons. The minimum atomic E-state index is -0.271. The zero-order valence-corrected chi connectivity index (χ0v) is 17.8. The summed E-state index contributed by atoms with van der Waals surface area (Å²) in [6.45, 7) is 1.98. The number of aromatic nitrogens is 2. The average Bonchev–Trinajstić information content (AvgIpc) is 2.80. The van der Waals surface area contributed by atoms with Gasteiger partial charge in [0.25, 0.3) is 0 Å². The molecule has 0 unspecified atom stereocenters. The lowest BCUT2D eigenvalue weighted by Crippen LogP contribution is -2.44. The fourth-order valence-corrected chi connectivity index (χ4v) is 4.64. The third-order valence-corrected chi connectivity index (χ3v) is 6.06. The molecule has 1 aromatic heterocycles. The number of rotatable bonds is 5. The van der Waals surface area contributed by atoms with Gasteiger partial charge in [-0.05, 0) is 37.0 Å². The first-order valence-electron chi connectivity index (χ1n) is 10.9. The second-order valence-corrected chi connectivity index (χ2v) is 8.44. The molecule has 0 atom stereocenters. The predicted molar refractivity (Wildman–Crippen MR) is 124 cm³/mol. The molecule has 1 aliphatic heterocycles. The molecule has 0 aliphatic carbocycles.